The Balaban J connectivity index is 1.44. The molecule has 9 nitrogen and oxygen atoms in total. The van der Waals surface area contributed by atoms with Crippen molar-refractivity contribution in [2.45, 2.75) is 18.8 Å². The second-order valence-electron chi connectivity index (χ2n) is 7.07. The summed E-state index contributed by atoms with van der Waals surface area (Å²) in [6.45, 7) is 1.52. The molecule has 1 aromatic heterocycles. The Morgan fingerprint density at radius 1 is 1.21 bits per heavy atom. The number of nitrogens with zero attached hydrogens (tertiary/aromatic N) is 4. The second-order valence-corrected chi connectivity index (χ2v) is 10.1. The van der Waals surface area contributed by atoms with Gasteiger partial charge in [-0.3, -0.25) is 4.79 Å². The van der Waals surface area contributed by atoms with Crippen molar-refractivity contribution in [3.8, 4) is 5.69 Å². The number of ether oxygens (including phenoxy) is 1. The number of carbonyl (C=O) groups excluding carboxylic acids is 1. The van der Waals surface area contributed by atoms with E-state index >= 15 is 0 Å². The van der Waals surface area contributed by atoms with E-state index in [2.05, 4.69) is 31.6 Å². The maximum Gasteiger partial charge on any atom is 0.273 e. The van der Waals surface area contributed by atoms with Crippen LogP contribution in [0.15, 0.2) is 28.7 Å². The number of hydrogen-bond acceptors (Lipinski definition) is 6. The molecule has 4 rings (SSSR count). The molecule has 156 valence electrons. The molecule has 2 aromatic rings. The molecule has 29 heavy (non-hydrogen) atoms. The molecule has 1 amide bonds. The largest absolute Gasteiger partial charge is 0.379 e. The number of halogens is 1. The quantitative estimate of drug-likeness (QED) is 0.635. The van der Waals surface area contributed by atoms with Crippen LogP contribution in [0.4, 0.5) is 0 Å². The predicted molar refractivity (Wildman–Crippen MR) is 110 cm³/mol. The van der Waals surface area contributed by atoms with Gasteiger partial charge in [-0.1, -0.05) is 21.1 Å². The molecular formula is C18H22BrN5O4S. The van der Waals surface area contributed by atoms with Gasteiger partial charge in [0.25, 0.3) is 5.91 Å². The first-order valence-electron chi connectivity index (χ1n) is 9.51. The minimum atomic E-state index is -3.42. The van der Waals surface area contributed by atoms with Crippen LogP contribution in [0.25, 0.3) is 5.69 Å². The van der Waals surface area contributed by atoms with Gasteiger partial charge in [0.05, 0.1) is 30.3 Å². The van der Waals surface area contributed by atoms with Crippen LogP contribution in [-0.2, 0) is 14.8 Å². The first-order chi connectivity index (χ1) is 14.0. The Hall–Kier alpha value is -1.82. The molecule has 1 N–H and O–H groups in total. The Morgan fingerprint density at radius 3 is 2.55 bits per heavy atom. The van der Waals surface area contributed by atoms with Crippen LogP contribution in [-0.4, -0.2) is 72.2 Å². The van der Waals surface area contributed by atoms with Crippen LogP contribution < -0.4 is 5.32 Å². The standard InChI is InChI=1S/C18H22BrN5O4S/c19-14-3-5-15(6-4-14)24-17(13-1-2-13)16(21-22-24)18(25)20-7-12-29(26,27)23-8-10-28-11-9-23/h3-6,13H,1-2,7-12H2,(H,20,25). The summed E-state index contributed by atoms with van der Waals surface area (Å²) in [6, 6.07) is 7.62. The van der Waals surface area contributed by atoms with Crippen molar-refractivity contribution in [1.29, 1.82) is 0 Å². The van der Waals surface area contributed by atoms with Crippen molar-refractivity contribution in [1.82, 2.24) is 24.6 Å². The Kier molecular flexibility index (Phi) is 6.00. The zero-order valence-electron chi connectivity index (χ0n) is 15.8. The van der Waals surface area contributed by atoms with Gasteiger partial charge in [-0.15, -0.1) is 5.10 Å². The predicted octanol–water partition coefficient (Wildman–Crippen LogP) is 1.30. The van der Waals surface area contributed by atoms with E-state index < -0.39 is 15.9 Å². The van der Waals surface area contributed by atoms with Crippen molar-refractivity contribution in [3.05, 3.63) is 40.1 Å². The lowest BCUT2D eigenvalue weighted by molar-refractivity contribution is 0.0730. The minimum absolute atomic E-state index is 0.0216. The molecule has 1 saturated heterocycles. The van der Waals surface area contributed by atoms with E-state index in [1.807, 2.05) is 24.3 Å². The average Bonchev–Trinajstić information content (AvgIpc) is 3.47. The summed E-state index contributed by atoms with van der Waals surface area (Å²) in [5.74, 6) is -0.308. The van der Waals surface area contributed by atoms with Crippen molar-refractivity contribution >= 4 is 31.9 Å². The molecule has 0 atom stereocenters. The van der Waals surface area contributed by atoms with Gasteiger partial charge in [0.15, 0.2) is 5.69 Å². The van der Waals surface area contributed by atoms with Gasteiger partial charge in [0.1, 0.15) is 0 Å². The van der Waals surface area contributed by atoms with Gasteiger partial charge in [0, 0.05) is 30.0 Å². The maximum absolute atomic E-state index is 12.7. The Labute approximate surface area is 177 Å². The third-order valence-corrected chi connectivity index (χ3v) is 7.36. The van der Waals surface area contributed by atoms with E-state index in [1.54, 1.807) is 4.68 Å². The number of aromatic nitrogens is 3. The normalized spacial score (nSPS) is 18.0. The highest BCUT2D eigenvalue weighted by molar-refractivity contribution is 9.10. The van der Waals surface area contributed by atoms with Crippen LogP contribution in [0.2, 0.25) is 0 Å². The van der Waals surface area contributed by atoms with Gasteiger partial charge in [-0.25, -0.2) is 13.1 Å². The first kappa shape index (κ1) is 20.5. The summed E-state index contributed by atoms with van der Waals surface area (Å²) in [6.07, 6.45) is 1.96. The zero-order valence-corrected chi connectivity index (χ0v) is 18.2. The lowest BCUT2D eigenvalue weighted by Crippen LogP contribution is -2.43. The van der Waals surface area contributed by atoms with Crippen molar-refractivity contribution in [2.24, 2.45) is 0 Å². The monoisotopic (exact) mass is 483 g/mol. The summed E-state index contributed by atoms with van der Waals surface area (Å²) < 4.78 is 34.0. The summed E-state index contributed by atoms with van der Waals surface area (Å²) in [5.41, 5.74) is 1.87. The lowest BCUT2D eigenvalue weighted by atomic mass is 10.2. The summed E-state index contributed by atoms with van der Waals surface area (Å²) >= 11 is 3.41. The molecule has 11 heteroatoms. The topological polar surface area (TPSA) is 106 Å². The van der Waals surface area contributed by atoms with Crippen molar-refractivity contribution in [2.75, 3.05) is 38.6 Å². The fraction of sp³-hybridized carbons (Fsp3) is 0.500. The molecule has 0 bridgehead atoms. The van der Waals surface area contributed by atoms with E-state index in [4.69, 9.17) is 4.74 Å². The number of nitrogens with one attached hydrogen (secondary N) is 1. The van der Waals surface area contributed by atoms with Crippen LogP contribution in [0.3, 0.4) is 0 Å². The molecule has 2 heterocycles. The fourth-order valence-electron chi connectivity index (χ4n) is 3.28. The zero-order chi connectivity index (χ0) is 20.4. The third-order valence-electron chi connectivity index (χ3n) is 4.96. The van der Waals surface area contributed by atoms with E-state index in [-0.39, 0.29) is 23.9 Å². The SMILES string of the molecule is O=C(NCCS(=O)(=O)N1CCOCC1)c1nnn(-c2ccc(Br)cc2)c1C1CC1. The minimum Gasteiger partial charge on any atom is -0.379 e. The van der Waals surface area contributed by atoms with Gasteiger partial charge >= 0.3 is 0 Å². The van der Waals surface area contributed by atoms with Crippen LogP contribution in [0.5, 0.6) is 0 Å². The Bertz CT molecular complexity index is 982. The maximum atomic E-state index is 12.7. The van der Waals surface area contributed by atoms with Gasteiger partial charge in [-0.2, -0.15) is 4.31 Å². The average molecular weight is 484 g/mol. The molecule has 1 aliphatic carbocycles. The summed E-state index contributed by atoms with van der Waals surface area (Å²) in [4.78, 5) is 12.7. The lowest BCUT2D eigenvalue weighted by Gasteiger charge is -2.26. The van der Waals surface area contributed by atoms with Crippen LogP contribution in [0.1, 0.15) is 34.9 Å². The highest BCUT2D eigenvalue weighted by atomic mass is 79.9. The fourth-order valence-corrected chi connectivity index (χ4v) is 4.87. The van der Waals surface area contributed by atoms with Crippen molar-refractivity contribution in [3.63, 3.8) is 0 Å². The highest BCUT2D eigenvalue weighted by Gasteiger charge is 2.34. The summed E-state index contributed by atoms with van der Waals surface area (Å²) in [5, 5.41) is 11.0. The number of benzene rings is 1. The van der Waals surface area contributed by atoms with Gasteiger partial charge in [-0.05, 0) is 37.1 Å². The van der Waals surface area contributed by atoms with Crippen molar-refractivity contribution < 1.29 is 17.9 Å². The second kappa shape index (κ2) is 8.50. The third kappa shape index (κ3) is 4.68. The number of carbonyl (C=O) groups is 1. The van der Waals surface area contributed by atoms with Crippen LogP contribution in [0, 0.1) is 0 Å². The van der Waals surface area contributed by atoms with E-state index in [0.717, 1.165) is 28.7 Å². The van der Waals surface area contributed by atoms with E-state index in [1.165, 1.54) is 4.31 Å². The molecule has 0 unspecified atom stereocenters. The molecule has 0 spiro atoms. The molecule has 2 fully saturated rings. The van der Waals surface area contributed by atoms with Crippen LogP contribution >= 0.6 is 15.9 Å². The molecule has 1 saturated carbocycles. The Morgan fingerprint density at radius 2 is 1.90 bits per heavy atom. The highest BCUT2D eigenvalue weighted by Crippen LogP contribution is 2.42. The molecule has 0 radical (unpaired) electrons. The number of sulfonamides is 1. The molecule has 2 aliphatic rings. The summed E-state index contributed by atoms with van der Waals surface area (Å²) in [7, 11) is -3.42. The van der Waals surface area contributed by atoms with E-state index in [9.17, 15) is 13.2 Å². The number of amides is 1. The number of rotatable bonds is 7. The van der Waals surface area contributed by atoms with E-state index in [0.29, 0.717) is 26.3 Å². The number of hydrogen-bond donors (Lipinski definition) is 1. The first-order valence-corrected chi connectivity index (χ1v) is 11.9. The molecular weight excluding hydrogens is 462 g/mol. The van der Waals surface area contributed by atoms with Gasteiger partial charge in [0.2, 0.25) is 10.0 Å². The molecule has 1 aliphatic heterocycles. The molecule has 1 aromatic carbocycles. The van der Waals surface area contributed by atoms with Gasteiger partial charge < -0.3 is 10.1 Å². The number of morpholine rings is 1. The smallest absolute Gasteiger partial charge is 0.273 e.